The van der Waals surface area contributed by atoms with Gasteiger partial charge in [0.2, 0.25) is 5.88 Å². The van der Waals surface area contributed by atoms with E-state index in [4.69, 9.17) is 27.9 Å². The topological polar surface area (TPSA) is 47.9 Å². The van der Waals surface area contributed by atoms with Gasteiger partial charge in [0.05, 0.1) is 11.4 Å². The molecule has 1 aromatic carbocycles. The molecule has 3 rings (SSSR count). The molecule has 6 heteroatoms. The molecular formula is C14H9Cl2N3O. The Labute approximate surface area is 125 Å². The van der Waals surface area contributed by atoms with Crippen LogP contribution in [0.4, 0.5) is 0 Å². The number of fused-ring (bicyclic) bond motifs is 1. The van der Waals surface area contributed by atoms with Crippen molar-refractivity contribution in [2.24, 2.45) is 0 Å². The Balaban J connectivity index is 2.08. The van der Waals surface area contributed by atoms with Crippen LogP contribution in [0.1, 0.15) is 5.56 Å². The van der Waals surface area contributed by atoms with Gasteiger partial charge in [0.15, 0.2) is 5.75 Å². The first-order valence-corrected chi connectivity index (χ1v) is 6.78. The van der Waals surface area contributed by atoms with Gasteiger partial charge in [0.1, 0.15) is 17.0 Å². The number of pyridine rings is 1. The van der Waals surface area contributed by atoms with Gasteiger partial charge in [-0.25, -0.2) is 9.97 Å². The zero-order valence-corrected chi connectivity index (χ0v) is 11.8. The summed E-state index contributed by atoms with van der Waals surface area (Å²) in [5, 5.41) is 1.27. The van der Waals surface area contributed by atoms with Gasteiger partial charge in [0, 0.05) is 11.6 Å². The third-order valence-corrected chi connectivity index (χ3v) is 3.38. The van der Waals surface area contributed by atoms with Crippen molar-refractivity contribution < 1.29 is 4.74 Å². The quantitative estimate of drug-likeness (QED) is 0.537. The molecule has 0 aliphatic carbocycles. The summed E-state index contributed by atoms with van der Waals surface area (Å²) in [6, 6.07) is 9.51. The van der Waals surface area contributed by atoms with E-state index in [2.05, 4.69) is 15.0 Å². The fourth-order valence-electron chi connectivity index (χ4n) is 1.84. The first-order chi connectivity index (χ1) is 9.79. The van der Waals surface area contributed by atoms with Gasteiger partial charge in [0.25, 0.3) is 0 Å². The predicted octanol–water partition coefficient (Wildman–Crippen LogP) is 4.21. The molecule has 2 aromatic heterocycles. The largest absolute Gasteiger partial charge is 0.436 e. The Morgan fingerprint density at radius 1 is 1.05 bits per heavy atom. The number of rotatable bonds is 3. The molecule has 0 N–H and O–H groups in total. The summed E-state index contributed by atoms with van der Waals surface area (Å²) in [6.07, 6.45) is 3.05. The van der Waals surface area contributed by atoms with Gasteiger partial charge in [-0.15, -0.1) is 11.6 Å². The highest BCUT2D eigenvalue weighted by Gasteiger charge is 2.12. The van der Waals surface area contributed by atoms with E-state index in [0.717, 1.165) is 10.9 Å². The Kier molecular flexibility index (Phi) is 3.67. The van der Waals surface area contributed by atoms with E-state index >= 15 is 0 Å². The molecule has 0 radical (unpaired) electrons. The van der Waals surface area contributed by atoms with E-state index in [0.29, 0.717) is 17.2 Å². The Hall–Kier alpha value is -1.91. The highest BCUT2D eigenvalue weighted by atomic mass is 35.5. The molecule has 0 unspecified atom stereocenters. The van der Waals surface area contributed by atoms with Crippen LogP contribution in [0.25, 0.3) is 10.9 Å². The standard InChI is InChI=1S/C14H9Cl2N3O/c15-7-10-13(16)18-8-19-14(10)20-11-5-1-3-9-4-2-6-17-12(9)11/h1-6,8H,7H2. The van der Waals surface area contributed by atoms with Crippen molar-refractivity contribution in [3.8, 4) is 11.6 Å². The summed E-state index contributed by atoms with van der Waals surface area (Å²) in [4.78, 5) is 12.3. The van der Waals surface area contributed by atoms with Crippen LogP contribution >= 0.6 is 23.2 Å². The summed E-state index contributed by atoms with van der Waals surface area (Å²) in [5.74, 6) is 1.12. The average molecular weight is 306 g/mol. The molecule has 100 valence electrons. The van der Waals surface area contributed by atoms with Gasteiger partial charge in [-0.05, 0) is 12.1 Å². The van der Waals surface area contributed by atoms with Crippen LogP contribution in [0.2, 0.25) is 5.15 Å². The Morgan fingerprint density at radius 3 is 2.75 bits per heavy atom. The van der Waals surface area contributed by atoms with Crippen LogP contribution in [-0.2, 0) is 5.88 Å². The van der Waals surface area contributed by atoms with Crippen molar-refractivity contribution in [2.45, 2.75) is 5.88 Å². The molecule has 4 nitrogen and oxygen atoms in total. The zero-order chi connectivity index (χ0) is 13.9. The van der Waals surface area contributed by atoms with Crippen LogP contribution in [0.5, 0.6) is 11.6 Å². The summed E-state index contributed by atoms with van der Waals surface area (Å²) in [6.45, 7) is 0. The third kappa shape index (κ3) is 2.40. The maximum absolute atomic E-state index is 5.98. The van der Waals surface area contributed by atoms with Gasteiger partial charge in [-0.2, -0.15) is 0 Å². The molecule has 0 amide bonds. The maximum Gasteiger partial charge on any atom is 0.228 e. The van der Waals surface area contributed by atoms with Gasteiger partial charge >= 0.3 is 0 Å². The van der Waals surface area contributed by atoms with Crippen LogP contribution < -0.4 is 4.74 Å². The van der Waals surface area contributed by atoms with Crippen LogP contribution in [0.15, 0.2) is 42.9 Å². The number of alkyl halides is 1. The van der Waals surface area contributed by atoms with Crippen molar-refractivity contribution >= 4 is 34.1 Å². The van der Waals surface area contributed by atoms with E-state index in [1.165, 1.54) is 6.33 Å². The fourth-order valence-corrected chi connectivity index (χ4v) is 2.34. The molecule has 0 fully saturated rings. The van der Waals surface area contributed by atoms with E-state index in [9.17, 15) is 0 Å². The molecule has 0 saturated heterocycles. The fraction of sp³-hybridized carbons (Fsp3) is 0.0714. The number of aromatic nitrogens is 3. The van der Waals surface area contributed by atoms with Crippen LogP contribution in [-0.4, -0.2) is 15.0 Å². The second-order valence-electron chi connectivity index (χ2n) is 4.02. The minimum absolute atomic E-state index is 0.174. The molecule has 0 atom stereocenters. The van der Waals surface area contributed by atoms with E-state index in [1.807, 2.05) is 30.3 Å². The smallest absolute Gasteiger partial charge is 0.228 e. The first-order valence-electron chi connectivity index (χ1n) is 5.86. The number of hydrogen-bond acceptors (Lipinski definition) is 4. The van der Waals surface area contributed by atoms with Crippen LogP contribution in [0.3, 0.4) is 0 Å². The molecule has 2 heterocycles. The molecule has 0 spiro atoms. The summed E-state index contributed by atoms with van der Waals surface area (Å²) in [5.41, 5.74) is 1.31. The molecule has 3 aromatic rings. The molecule has 0 bridgehead atoms. The van der Waals surface area contributed by atoms with Gasteiger partial charge < -0.3 is 4.74 Å². The highest BCUT2D eigenvalue weighted by molar-refractivity contribution is 6.31. The van der Waals surface area contributed by atoms with Crippen molar-refractivity contribution in [1.82, 2.24) is 15.0 Å². The van der Waals surface area contributed by atoms with Crippen molar-refractivity contribution in [3.63, 3.8) is 0 Å². The molecule has 20 heavy (non-hydrogen) atoms. The second kappa shape index (κ2) is 5.61. The summed E-state index contributed by atoms with van der Waals surface area (Å²) in [7, 11) is 0. The summed E-state index contributed by atoms with van der Waals surface area (Å²) >= 11 is 11.8. The lowest BCUT2D eigenvalue weighted by molar-refractivity contribution is 0.461. The summed E-state index contributed by atoms with van der Waals surface area (Å²) < 4.78 is 5.81. The number of para-hydroxylation sites is 1. The lowest BCUT2D eigenvalue weighted by Gasteiger charge is -2.10. The highest BCUT2D eigenvalue weighted by Crippen LogP contribution is 2.31. The number of benzene rings is 1. The number of nitrogens with zero attached hydrogens (tertiary/aromatic N) is 3. The lowest BCUT2D eigenvalue weighted by atomic mass is 10.2. The van der Waals surface area contributed by atoms with Gasteiger partial charge in [-0.1, -0.05) is 29.8 Å². The minimum atomic E-state index is 0.174. The average Bonchev–Trinajstić information content (AvgIpc) is 2.48. The normalized spacial score (nSPS) is 10.7. The zero-order valence-electron chi connectivity index (χ0n) is 10.3. The second-order valence-corrected chi connectivity index (χ2v) is 4.64. The van der Waals surface area contributed by atoms with Crippen molar-refractivity contribution in [1.29, 1.82) is 0 Å². The maximum atomic E-state index is 5.98. The molecule has 0 aliphatic heterocycles. The Morgan fingerprint density at radius 2 is 1.90 bits per heavy atom. The van der Waals surface area contributed by atoms with Crippen molar-refractivity contribution in [3.05, 3.63) is 53.6 Å². The SMILES string of the molecule is ClCc1c(Cl)ncnc1Oc1cccc2cccnc12. The molecule has 0 aliphatic rings. The van der Waals surface area contributed by atoms with Crippen LogP contribution in [0, 0.1) is 0 Å². The lowest BCUT2D eigenvalue weighted by Crippen LogP contribution is -1.96. The third-order valence-electron chi connectivity index (χ3n) is 2.79. The monoisotopic (exact) mass is 305 g/mol. The number of halogens is 2. The molecular weight excluding hydrogens is 297 g/mol. The predicted molar refractivity (Wildman–Crippen MR) is 78.4 cm³/mol. The van der Waals surface area contributed by atoms with Gasteiger partial charge in [-0.3, -0.25) is 4.98 Å². The van der Waals surface area contributed by atoms with E-state index < -0.39 is 0 Å². The van der Waals surface area contributed by atoms with E-state index in [1.54, 1.807) is 6.20 Å². The number of ether oxygens (including phenoxy) is 1. The minimum Gasteiger partial charge on any atom is -0.436 e. The van der Waals surface area contributed by atoms with Crippen molar-refractivity contribution in [2.75, 3.05) is 0 Å². The van der Waals surface area contributed by atoms with E-state index in [-0.39, 0.29) is 11.0 Å². The number of hydrogen-bond donors (Lipinski definition) is 0. The Bertz CT molecular complexity index is 759. The molecule has 0 saturated carbocycles. The first kappa shape index (κ1) is 13.1.